The lowest BCUT2D eigenvalue weighted by Gasteiger charge is -2.21. The zero-order valence-electron chi connectivity index (χ0n) is 12.0. The third kappa shape index (κ3) is 3.57. The first-order chi connectivity index (χ1) is 9.59. The summed E-state index contributed by atoms with van der Waals surface area (Å²) < 4.78 is 32.7. The molecule has 1 aliphatic rings. The molecule has 0 unspecified atom stereocenters. The van der Waals surface area contributed by atoms with E-state index < -0.39 is 11.6 Å². The largest absolute Gasteiger partial charge is 0.390 e. The van der Waals surface area contributed by atoms with Gasteiger partial charge in [0.25, 0.3) is 0 Å². The molecule has 0 atom stereocenters. The molecule has 1 heterocycles. The summed E-state index contributed by atoms with van der Waals surface area (Å²) in [6, 6.07) is 3.22. The second kappa shape index (κ2) is 6.84. The van der Waals surface area contributed by atoms with E-state index in [1.807, 2.05) is 0 Å². The Bertz CT molecular complexity index is 493. The van der Waals surface area contributed by atoms with Crippen LogP contribution in [0.25, 0.3) is 5.57 Å². The van der Waals surface area contributed by atoms with E-state index in [-0.39, 0.29) is 0 Å². The average molecular weight is 281 g/mol. The molecular formula is C16H21F2NO. The number of allylic oxidation sites excluding steroid dienone is 1. The summed E-state index contributed by atoms with van der Waals surface area (Å²) in [5, 5.41) is 3.21. The Hall–Kier alpha value is -1.42. The fourth-order valence-corrected chi connectivity index (χ4v) is 2.36. The van der Waals surface area contributed by atoms with Crippen molar-refractivity contribution in [1.82, 2.24) is 5.32 Å². The molecule has 1 aromatic carbocycles. The van der Waals surface area contributed by atoms with Crippen molar-refractivity contribution >= 4 is 5.57 Å². The van der Waals surface area contributed by atoms with Crippen LogP contribution in [0.3, 0.4) is 0 Å². The highest BCUT2D eigenvalue weighted by atomic mass is 19.2. The van der Waals surface area contributed by atoms with Gasteiger partial charge in [0, 0.05) is 31.5 Å². The molecule has 0 amide bonds. The lowest BCUT2D eigenvalue weighted by molar-refractivity contribution is 0.0672. The zero-order chi connectivity index (χ0) is 14.5. The minimum absolute atomic E-state index is 0.313. The van der Waals surface area contributed by atoms with Crippen molar-refractivity contribution in [2.45, 2.75) is 26.7 Å². The summed E-state index contributed by atoms with van der Waals surface area (Å²) in [5.41, 5.74) is 1.34. The molecule has 0 saturated carbocycles. The monoisotopic (exact) mass is 281 g/mol. The number of ether oxygens (including phenoxy) is 1. The Kier molecular flexibility index (Phi) is 5.12. The van der Waals surface area contributed by atoms with Gasteiger partial charge in [0.1, 0.15) is 0 Å². The number of benzene rings is 1. The van der Waals surface area contributed by atoms with Crippen LogP contribution in [-0.4, -0.2) is 19.8 Å². The van der Waals surface area contributed by atoms with Crippen LogP contribution < -0.4 is 5.32 Å². The molecule has 0 bridgehead atoms. The van der Waals surface area contributed by atoms with E-state index in [2.05, 4.69) is 5.32 Å². The number of rotatable bonds is 4. The van der Waals surface area contributed by atoms with Gasteiger partial charge in [0.2, 0.25) is 0 Å². The highest BCUT2D eigenvalue weighted by molar-refractivity contribution is 5.64. The van der Waals surface area contributed by atoms with Gasteiger partial charge in [-0.2, -0.15) is 0 Å². The van der Waals surface area contributed by atoms with E-state index in [1.165, 1.54) is 0 Å². The van der Waals surface area contributed by atoms with Gasteiger partial charge >= 0.3 is 0 Å². The first-order valence-corrected chi connectivity index (χ1v) is 7.02. The summed E-state index contributed by atoms with van der Waals surface area (Å²) in [6.45, 7) is 5.81. The number of hydrogen-bond donors (Lipinski definition) is 1. The Labute approximate surface area is 118 Å². The van der Waals surface area contributed by atoms with Crippen LogP contribution in [0.2, 0.25) is 0 Å². The van der Waals surface area contributed by atoms with E-state index in [1.54, 1.807) is 32.2 Å². The maximum absolute atomic E-state index is 13.8. The fourth-order valence-electron chi connectivity index (χ4n) is 2.36. The number of nitrogens with one attached hydrogen (secondary N) is 1. The highest BCUT2D eigenvalue weighted by Crippen LogP contribution is 2.22. The van der Waals surface area contributed by atoms with Crippen LogP contribution in [0, 0.1) is 24.5 Å². The molecule has 1 aliphatic heterocycles. The summed E-state index contributed by atoms with van der Waals surface area (Å²) in [5.74, 6) is -0.946. The topological polar surface area (TPSA) is 21.3 Å². The summed E-state index contributed by atoms with van der Waals surface area (Å²) in [6.07, 6.45) is 3.86. The van der Waals surface area contributed by atoms with Crippen LogP contribution in [-0.2, 0) is 4.74 Å². The van der Waals surface area contributed by atoms with Crippen LogP contribution in [0.15, 0.2) is 18.3 Å². The van der Waals surface area contributed by atoms with Crippen molar-refractivity contribution in [3.8, 4) is 0 Å². The molecule has 2 rings (SSSR count). The lowest BCUT2D eigenvalue weighted by Crippen LogP contribution is -2.25. The van der Waals surface area contributed by atoms with E-state index >= 15 is 0 Å². The van der Waals surface area contributed by atoms with Crippen LogP contribution in [0.5, 0.6) is 0 Å². The number of hydrogen-bond acceptors (Lipinski definition) is 2. The van der Waals surface area contributed by atoms with Gasteiger partial charge in [-0.15, -0.1) is 0 Å². The lowest BCUT2D eigenvalue weighted by atomic mass is 10.0. The standard InChI is InChI=1S/C16H21F2NO/c1-11-3-4-14(16(18)15(11)17)12(2)9-19-10-13-5-7-20-8-6-13/h3-4,9,13,19H,5-8,10H2,1-2H3/b12-9+. The van der Waals surface area contributed by atoms with E-state index in [4.69, 9.17) is 4.74 Å². The fraction of sp³-hybridized carbons (Fsp3) is 0.500. The SMILES string of the molecule is C/C(=C\NCC1CCOCC1)c1ccc(C)c(F)c1F. The van der Waals surface area contributed by atoms with Crippen LogP contribution >= 0.6 is 0 Å². The molecule has 1 fully saturated rings. The van der Waals surface area contributed by atoms with Gasteiger partial charge in [-0.25, -0.2) is 8.78 Å². The third-order valence-electron chi connectivity index (χ3n) is 3.77. The second-order valence-corrected chi connectivity index (χ2v) is 5.35. The van der Waals surface area contributed by atoms with Crippen LogP contribution in [0.4, 0.5) is 8.78 Å². The van der Waals surface area contributed by atoms with E-state index in [9.17, 15) is 8.78 Å². The summed E-state index contributed by atoms with van der Waals surface area (Å²) in [7, 11) is 0. The highest BCUT2D eigenvalue weighted by Gasteiger charge is 2.14. The number of halogens is 2. The molecule has 4 heteroatoms. The van der Waals surface area contributed by atoms with Gasteiger partial charge in [-0.1, -0.05) is 12.1 Å². The molecule has 0 spiro atoms. The van der Waals surface area contributed by atoms with E-state index in [0.717, 1.165) is 32.6 Å². The molecule has 0 aliphatic carbocycles. The van der Waals surface area contributed by atoms with Crippen molar-refractivity contribution in [1.29, 1.82) is 0 Å². The Morgan fingerprint density at radius 3 is 2.70 bits per heavy atom. The molecule has 1 aromatic rings. The molecule has 0 radical (unpaired) electrons. The first-order valence-electron chi connectivity index (χ1n) is 7.02. The summed E-state index contributed by atoms with van der Waals surface area (Å²) >= 11 is 0. The van der Waals surface area contributed by atoms with Crippen molar-refractivity contribution in [2.24, 2.45) is 5.92 Å². The summed E-state index contributed by atoms with van der Waals surface area (Å²) in [4.78, 5) is 0. The molecule has 1 N–H and O–H groups in total. The normalized spacial score (nSPS) is 17.3. The van der Waals surface area contributed by atoms with Gasteiger partial charge in [0.15, 0.2) is 11.6 Å². The zero-order valence-corrected chi connectivity index (χ0v) is 12.0. The minimum atomic E-state index is -0.772. The van der Waals surface area contributed by atoms with Crippen molar-refractivity contribution < 1.29 is 13.5 Å². The molecule has 1 saturated heterocycles. The van der Waals surface area contributed by atoms with Crippen LogP contribution in [0.1, 0.15) is 30.9 Å². The Balaban J connectivity index is 1.98. The quantitative estimate of drug-likeness (QED) is 0.909. The average Bonchev–Trinajstić information content (AvgIpc) is 2.46. The molecule has 110 valence electrons. The van der Waals surface area contributed by atoms with E-state index in [0.29, 0.717) is 22.6 Å². The van der Waals surface area contributed by atoms with Gasteiger partial charge in [-0.3, -0.25) is 0 Å². The maximum atomic E-state index is 13.8. The first kappa shape index (κ1) is 15.0. The van der Waals surface area contributed by atoms with Crippen molar-refractivity contribution in [3.05, 3.63) is 41.1 Å². The molecule has 20 heavy (non-hydrogen) atoms. The van der Waals surface area contributed by atoms with Gasteiger partial charge in [-0.05, 0) is 43.7 Å². The predicted molar refractivity (Wildman–Crippen MR) is 76.3 cm³/mol. The molecular weight excluding hydrogens is 260 g/mol. The van der Waals surface area contributed by atoms with Crippen molar-refractivity contribution in [3.63, 3.8) is 0 Å². The maximum Gasteiger partial charge on any atom is 0.166 e. The number of aryl methyl sites for hydroxylation is 1. The molecule has 0 aromatic heterocycles. The van der Waals surface area contributed by atoms with Crippen molar-refractivity contribution in [2.75, 3.05) is 19.8 Å². The van der Waals surface area contributed by atoms with Gasteiger partial charge in [0.05, 0.1) is 0 Å². The second-order valence-electron chi connectivity index (χ2n) is 5.35. The third-order valence-corrected chi connectivity index (χ3v) is 3.77. The smallest absolute Gasteiger partial charge is 0.166 e. The molecule has 2 nitrogen and oxygen atoms in total. The minimum Gasteiger partial charge on any atom is -0.390 e. The Morgan fingerprint density at radius 1 is 1.30 bits per heavy atom. The predicted octanol–water partition coefficient (Wildman–Crippen LogP) is 3.65. The Morgan fingerprint density at radius 2 is 2.00 bits per heavy atom. The van der Waals surface area contributed by atoms with Gasteiger partial charge < -0.3 is 10.1 Å².